The van der Waals surface area contributed by atoms with Crippen molar-refractivity contribution in [2.75, 3.05) is 17.8 Å². The summed E-state index contributed by atoms with van der Waals surface area (Å²) in [6, 6.07) is 11.5. The smallest absolute Gasteiger partial charge is 0.254 e. The van der Waals surface area contributed by atoms with Crippen LogP contribution in [0.25, 0.3) is 0 Å². The summed E-state index contributed by atoms with van der Waals surface area (Å²) in [5, 5.41) is 0. The quantitative estimate of drug-likeness (QED) is 0.923. The molecule has 1 fully saturated rings. The Kier molecular flexibility index (Phi) is 4.82. The number of nitrogens with zero attached hydrogens (tertiary/aromatic N) is 2. The van der Waals surface area contributed by atoms with E-state index in [0.29, 0.717) is 18.9 Å². The predicted octanol–water partition coefficient (Wildman–Crippen LogP) is 3.07. The van der Waals surface area contributed by atoms with Gasteiger partial charge in [0.25, 0.3) is 0 Å². The number of pyridine rings is 1. The van der Waals surface area contributed by atoms with Gasteiger partial charge in [0.1, 0.15) is 11.6 Å². The molecule has 1 aliphatic heterocycles. The van der Waals surface area contributed by atoms with Crippen LogP contribution in [0.2, 0.25) is 0 Å². The summed E-state index contributed by atoms with van der Waals surface area (Å²) >= 11 is 0. The Bertz CT molecular complexity index is 809. The van der Waals surface area contributed by atoms with Crippen LogP contribution in [0, 0.1) is 12.7 Å². The largest absolute Gasteiger partial charge is 0.302 e. The van der Waals surface area contributed by atoms with Gasteiger partial charge >= 0.3 is 10.2 Å². The highest BCUT2D eigenvalue weighted by molar-refractivity contribution is 7.90. The molecule has 0 bridgehead atoms. The van der Waals surface area contributed by atoms with Crippen molar-refractivity contribution in [3.8, 4) is 0 Å². The Morgan fingerprint density at radius 3 is 2.67 bits per heavy atom. The fourth-order valence-corrected chi connectivity index (χ4v) is 4.22. The highest BCUT2D eigenvalue weighted by Crippen LogP contribution is 2.28. The molecule has 128 valence electrons. The molecule has 24 heavy (non-hydrogen) atoms. The molecule has 3 rings (SSSR count). The topological polar surface area (TPSA) is 62.3 Å². The van der Waals surface area contributed by atoms with E-state index in [2.05, 4.69) is 9.71 Å². The second kappa shape index (κ2) is 6.86. The molecule has 0 spiro atoms. The van der Waals surface area contributed by atoms with E-state index < -0.39 is 10.2 Å². The van der Waals surface area contributed by atoms with E-state index in [-0.39, 0.29) is 11.7 Å². The fraction of sp³-hybridized carbons (Fsp3) is 0.353. The van der Waals surface area contributed by atoms with E-state index in [4.69, 9.17) is 0 Å². The Labute approximate surface area is 141 Å². The van der Waals surface area contributed by atoms with Crippen LogP contribution in [-0.4, -0.2) is 30.8 Å². The van der Waals surface area contributed by atoms with Crippen LogP contribution in [0.4, 0.5) is 10.2 Å². The predicted molar refractivity (Wildman–Crippen MR) is 91.5 cm³/mol. The molecule has 1 atom stereocenters. The Morgan fingerprint density at radius 1 is 1.21 bits per heavy atom. The summed E-state index contributed by atoms with van der Waals surface area (Å²) in [4.78, 5) is 4.18. The SMILES string of the molecule is Cc1cccc(NS(=O)(=O)N2CCCC(c3ccc(F)cc3)C2)n1. The van der Waals surface area contributed by atoms with Gasteiger partial charge < -0.3 is 0 Å². The van der Waals surface area contributed by atoms with Crippen LogP contribution >= 0.6 is 0 Å². The van der Waals surface area contributed by atoms with Crippen LogP contribution in [0.3, 0.4) is 0 Å². The third-order valence-electron chi connectivity index (χ3n) is 4.19. The zero-order valence-corrected chi connectivity index (χ0v) is 14.3. The van der Waals surface area contributed by atoms with Crippen LogP contribution in [0.5, 0.6) is 0 Å². The van der Waals surface area contributed by atoms with Gasteiger partial charge in [0, 0.05) is 18.8 Å². The molecule has 0 radical (unpaired) electrons. The third-order valence-corrected chi connectivity index (χ3v) is 5.67. The van der Waals surface area contributed by atoms with Gasteiger partial charge in [-0.1, -0.05) is 18.2 Å². The van der Waals surface area contributed by atoms with Gasteiger partial charge in [0.05, 0.1) is 0 Å². The molecule has 1 aliphatic rings. The van der Waals surface area contributed by atoms with Gasteiger partial charge in [-0.25, -0.2) is 9.37 Å². The molecule has 0 amide bonds. The van der Waals surface area contributed by atoms with E-state index in [0.717, 1.165) is 24.1 Å². The maximum atomic E-state index is 13.1. The van der Waals surface area contributed by atoms with Crippen LogP contribution in [0.15, 0.2) is 42.5 Å². The summed E-state index contributed by atoms with van der Waals surface area (Å²) in [6.07, 6.45) is 1.66. The lowest BCUT2D eigenvalue weighted by molar-refractivity contribution is 0.317. The van der Waals surface area contributed by atoms with Gasteiger partial charge in [-0.15, -0.1) is 0 Å². The average Bonchev–Trinajstić information content (AvgIpc) is 2.55. The number of benzene rings is 1. The molecule has 1 saturated heterocycles. The summed E-state index contributed by atoms with van der Waals surface area (Å²) < 4.78 is 42.3. The average molecular weight is 349 g/mol. The standard InChI is InChI=1S/C17H20FN3O2S/c1-13-4-2-6-17(19-13)20-24(22,23)21-11-3-5-15(12-21)14-7-9-16(18)10-8-14/h2,4,6-10,15H,3,5,11-12H2,1H3,(H,19,20). The summed E-state index contributed by atoms with van der Waals surface area (Å²) in [5.41, 5.74) is 1.71. The zero-order chi connectivity index (χ0) is 17.2. The van der Waals surface area contributed by atoms with Crippen molar-refractivity contribution in [3.05, 3.63) is 59.5 Å². The van der Waals surface area contributed by atoms with Crippen LogP contribution < -0.4 is 4.72 Å². The molecule has 2 heterocycles. The number of aryl methyl sites for hydroxylation is 1. The number of anilines is 1. The lowest BCUT2D eigenvalue weighted by atomic mass is 9.92. The van der Waals surface area contributed by atoms with E-state index in [1.54, 1.807) is 24.3 Å². The second-order valence-corrected chi connectivity index (χ2v) is 7.69. The maximum absolute atomic E-state index is 13.1. The third kappa shape index (κ3) is 3.91. The normalized spacial score (nSPS) is 19.2. The number of hydrogen-bond donors (Lipinski definition) is 1. The van der Waals surface area contributed by atoms with Crippen LogP contribution in [0.1, 0.15) is 30.0 Å². The molecule has 1 aromatic carbocycles. The first-order valence-electron chi connectivity index (χ1n) is 7.91. The zero-order valence-electron chi connectivity index (χ0n) is 13.4. The van der Waals surface area contributed by atoms with E-state index in [1.807, 2.05) is 13.0 Å². The molecule has 1 unspecified atom stereocenters. The first kappa shape index (κ1) is 16.9. The Balaban J connectivity index is 1.74. The first-order valence-corrected chi connectivity index (χ1v) is 9.35. The lowest BCUT2D eigenvalue weighted by Crippen LogP contribution is -2.42. The molecular weight excluding hydrogens is 329 g/mol. The maximum Gasteiger partial charge on any atom is 0.302 e. The molecular formula is C17H20FN3O2S. The van der Waals surface area contributed by atoms with Gasteiger partial charge in [0.2, 0.25) is 0 Å². The lowest BCUT2D eigenvalue weighted by Gasteiger charge is -2.32. The van der Waals surface area contributed by atoms with Crippen molar-refractivity contribution in [1.82, 2.24) is 9.29 Å². The minimum atomic E-state index is -3.66. The number of hydrogen-bond acceptors (Lipinski definition) is 3. The molecule has 2 aromatic rings. The molecule has 0 aliphatic carbocycles. The minimum Gasteiger partial charge on any atom is -0.254 e. The Morgan fingerprint density at radius 2 is 1.96 bits per heavy atom. The number of halogens is 1. The molecule has 1 N–H and O–H groups in total. The van der Waals surface area contributed by atoms with Crippen molar-refractivity contribution >= 4 is 16.0 Å². The van der Waals surface area contributed by atoms with Gasteiger partial charge in [-0.2, -0.15) is 12.7 Å². The molecule has 1 aromatic heterocycles. The molecule has 5 nitrogen and oxygen atoms in total. The van der Waals surface area contributed by atoms with E-state index >= 15 is 0 Å². The Hall–Kier alpha value is -1.99. The van der Waals surface area contributed by atoms with Gasteiger partial charge in [-0.3, -0.25) is 4.72 Å². The number of rotatable bonds is 4. The fourth-order valence-electron chi connectivity index (χ4n) is 2.96. The van der Waals surface area contributed by atoms with Crippen molar-refractivity contribution in [2.45, 2.75) is 25.7 Å². The summed E-state index contributed by atoms with van der Waals surface area (Å²) in [5.74, 6) is 0.103. The van der Waals surface area contributed by atoms with Crippen molar-refractivity contribution < 1.29 is 12.8 Å². The summed E-state index contributed by atoms with van der Waals surface area (Å²) in [7, 11) is -3.66. The minimum absolute atomic E-state index is 0.0707. The van der Waals surface area contributed by atoms with E-state index in [1.165, 1.54) is 16.4 Å². The number of nitrogens with one attached hydrogen (secondary N) is 1. The first-order chi connectivity index (χ1) is 11.4. The highest BCUT2D eigenvalue weighted by atomic mass is 32.2. The molecule has 7 heteroatoms. The monoisotopic (exact) mass is 349 g/mol. The summed E-state index contributed by atoms with van der Waals surface area (Å²) in [6.45, 7) is 2.66. The number of aromatic nitrogens is 1. The van der Waals surface area contributed by atoms with Gasteiger partial charge in [-0.05, 0) is 55.5 Å². The van der Waals surface area contributed by atoms with Crippen LogP contribution in [-0.2, 0) is 10.2 Å². The molecule has 0 saturated carbocycles. The van der Waals surface area contributed by atoms with Crippen molar-refractivity contribution in [3.63, 3.8) is 0 Å². The highest BCUT2D eigenvalue weighted by Gasteiger charge is 2.29. The van der Waals surface area contributed by atoms with Crippen molar-refractivity contribution in [2.24, 2.45) is 0 Å². The van der Waals surface area contributed by atoms with Gasteiger partial charge in [0.15, 0.2) is 0 Å². The number of piperidine rings is 1. The van der Waals surface area contributed by atoms with E-state index in [9.17, 15) is 12.8 Å². The van der Waals surface area contributed by atoms with Crippen molar-refractivity contribution in [1.29, 1.82) is 0 Å². The second-order valence-electron chi connectivity index (χ2n) is 6.02.